The van der Waals surface area contributed by atoms with Crippen LogP contribution in [0.3, 0.4) is 0 Å². The Morgan fingerprint density at radius 2 is 1.83 bits per heavy atom. The van der Waals surface area contributed by atoms with Gasteiger partial charge >= 0.3 is 0 Å². The number of hydrogen-bond acceptors (Lipinski definition) is 4. The van der Waals surface area contributed by atoms with Gasteiger partial charge < -0.3 is 10.6 Å². The van der Waals surface area contributed by atoms with Crippen LogP contribution in [0, 0.1) is 13.8 Å². The van der Waals surface area contributed by atoms with E-state index in [1.54, 1.807) is 4.68 Å². The largest absolute Gasteiger partial charge is 0.353 e. The Morgan fingerprint density at radius 1 is 1.17 bits per heavy atom. The minimum Gasteiger partial charge on any atom is -0.353 e. The van der Waals surface area contributed by atoms with E-state index in [0.29, 0.717) is 6.42 Å². The zero-order valence-electron chi connectivity index (χ0n) is 18.4. The smallest absolute Gasteiger partial charge is 0.241 e. The summed E-state index contributed by atoms with van der Waals surface area (Å²) in [6, 6.07) is 10.0. The zero-order chi connectivity index (χ0) is 21.7. The van der Waals surface area contributed by atoms with Gasteiger partial charge in [-0.3, -0.25) is 19.2 Å². The molecule has 0 bridgehead atoms. The van der Waals surface area contributed by atoms with Crippen molar-refractivity contribution in [2.45, 2.75) is 58.5 Å². The molecular formula is C23H33N5O2. The summed E-state index contributed by atoms with van der Waals surface area (Å²) in [6.07, 6.45) is 2.99. The maximum Gasteiger partial charge on any atom is 0.241 e. The number of aromatic nitrogens is 2. The first-order valence-electron chi connectivity index (χ1n) is 10.7. The Hall–Kier alpha value is -2.67. The van der Waals surface area contributed by atoms with Gasteiger partial charge in [-0.2, -0.15) is 5.10 Å². The van der Waals surface area contributed by atoms with Crippen molar-refractivity contribution >= 4 is 17.5 Å². The molecule has 1 atom stereocenters. The first-order valence-corrected chi connectivity index (χ1v) is 10.7. The quantitative estimate of drug-likeness (QED) is 0.734. The molecule has 1 aliphatic rings. The molecule has 1 saturated heterocycles. The van der Waals surface area contributed by atoms with Crippen molar-refractivity contribution in [2.75, 3.05) is 18.4 Å². The van der Waals surface area contributed by atoms with Gasteiger partial charge in [-0.05, 0) is 45.6 Å². The summed E-state index contributed by atoms with van der Waals surface area (Å²) >= 11 is 0. The van der Waals surface area contributed by atoms with Crippen molar-refractivity contribution in [1.29, 1.82) is 0 Å². The van der Waals surface area contributed by atoms with E-state index >= 15 is 0 Å². The lowest BCUT2D eigenvalue weighted by Gasteiger charge is -2.35. The van der Waals surface area contributed by atoms with Crippen molar-refractivity contribution in [3.05, 3.63) is 47.3 Å². The second-order valence-electron chi connectivity index (χ2n) is 8.20. The van der Waals surface area contributed by atoms with Crippen molar-refractivity contribution < 1.29 is 9.59 Å². The minimum atomic E-state index is -0.223. The highest BCUT2D eigenvalue weighted by Gasteiger charge is 2.28. The van der Waals surface area contributed by atoms with Crippen LogP contribution in [0.2, 0.25) is 0 Å². The maximum atomic E-state index is 12.7. The van der Waals surface area contributed by atoms with E-state index in [0.717, 1.165) is 49.4 Å². The van der Waals surface area contributed by atoms with Crippen molar-refractivity contribution in [1.82, 2.24) is 20.0 Å². The summed E-state index contributed by atoms with van der Waals surface area (Å²) in [5, 5.41) is 10.6. The number of rotatable bonds is 7. The van der Waals surface area contributed by atoms with E-state index in [9.17, 15) is 9.59 Å². The van der Waals surface area contributed by atoms with Crippen LogP contribution in [0.4, 0.5) is 5.69 Å². The van der Waals surface area contributed by atoms with Crippen molar-refractivity contribution in [3.8, 4) is 0 Å². The highest BCUT2D eigenvalue weighted by molar-refractivity contribution is 5.95. The fourth-order valence-electron chi connectivity index (χ4n) is 3.98. The first kappa shape index (κ1) is 22.0. The number of hydrogen-bond donors (Lipinski definition) is 2. The first-order chi connectivity index (χ1) is 14.3. The molecule has 1 unspecified atom stereocenters. The Bertz CT molecular complexity index is 869. The Labute approximate surface area is 178 Å². The zero-order valence-corrected chi connectivity index (χ0v) is 18.4. The molecule has 30 heavy (non-hydrogen) atoms. The third-order valence-corrected chi connectivity index (χ3v) is 6.06. The molecule has 1 fully saturated rings. The summed E-state index contributed by atoms with van der Waals surface area (Å²) in [4.78, 5) is 27.2. The third kappa shape index (κ3) is 5.48. The number of carbonyl (C=O) groups excluding carboxylic acids is 2. The van der Waals surface area contributed by atoms with E-state index in [2.05, 4.69) is 20.6 Å². The Kier molecular flexibility index (Phi) is 7.26. The van der Waals surface area contributed by atoms with Gasteiger partial charge in [0.15, 0.2) is 0 Å². The van der Waals surface area contributed by atoms with Gasteiger partial charge in [-0.25, -0.2) is 0 Å². The highest BCUT2D eigenvalue weighted by atomic mass is 16.2. The van der Waals surface area contributed by atoms with E-state index in [4.69, 9.17) is 0 Å². The van der Waals surface area contributed by atoms with Crippen LogP contribution in [-0.2, 0) is 23.1 Å². The molecule has 2 amide bonds. The Balaban J connectivity index is 1.43. The van der Waals surface area contributed by atoms with E-state index in [1.807, 2.05) is 58.2 Å². The number of nitrogens with zero attached hydrogens (tertiary/aromatic N) is 3. The second kappa shape index (κ2) is 9.89. The number of anilines is 1. The number of likely N-dealkylation sites (tertiary alicyclic amines) is 1. The predicted molar refractivity (Wildman–Crippen MR) is 118 cm³/mol. The number of aryl methyl sites for hydroxylation is 3. The van der Waals surface area contributed by atoms with Crippen molar-refractivity contribution in [2.24, 2.45) is 7.05 Å². The lowest BCUT2D eigenvalue weighted by atomic mass is 10.0. The van der Waals surface area contributed by atoms with E-state index in [1.165, 1.54) is 5.56 Å². The van der Waals surface area contributed by atoms with Gasteiger partial charge in [0.25, 0.3) is 0 Å². The average molecular weight is 412 g/mol. The molecule has 3 rings (SSSR count). The molecule has 2 aromatic rings. The molecule has 7 nitrogen and oxygen atoms in total. The highest BCUT2D eigenvalue weighted by Crippen LogP contribution is 2.20. The van der Waals surface area contributed by atoms with Crippen LogP contribution in [0.25, 0.3) is 0 Å². The van der Waals surface area contributed by atoms with Gasteiger partial charge in [0.05, 0.1) is 23.1 Å². The van der Waals surface area contributed by atoms with Crippen LogP contribution < -0.4 is 10.6 Å². The predicted octanol–water partition coefficient (Wildman–Crippen LogP) is 2.58. The normalized spacial score (nSPS) is 16.3. The molecule has 1 aromatic carbocycles. The molecule has 0 aliphatic carbocycles. The summed E-state index contributed by atoms with van der Waals surface area (Å²) in [6.45, 7) is 7.38. The summed E-state index contributed by atoms with van der Waals surface area (Å²) in [5.41, 5.74) is 3.76. The number of amides is 2. The molecule has 0 saturated carbocycles. The molecule has 0 spiro atoms. The van der Waals surface area contributed by atoms with E-state index < -0.39 is 0 Å². The molecule has 7 heteroatoms. The van der Waals surface area contributed by atoms with Gasteiger partial charge in [-0.15, -0.1) is 0 Å². The molecular weight excluding hydrogens is 378 g/mol. The standard InChI is InChI=1S/C23H33N5O2/c1-16-22(17(2)27(4)26-16)25-23(30)18(3)28-14-12-20(13-15-28)24-21(29)11-10-19-8-6-5-7-9-19/h5-9,18,20H,10-15H2,1-4H3,(H,24,29)(H,25,30). The molecule has 2 N–H and O–H groups in total. The SMILES string of the molecule is Cc1nn(C)c(C)c1NC(=O)C(C)N1CCC(NC(=O)CCc2ccccc2)CC1. The molecule has 1 aliphatic heterocycles. The number of benzene rings is 1. The van der Waals surface area contributed by atoms with Crippen LogP contribution in [-0.4, -0.2) is 51.7 Å². The lowest BCUT2D eigenvalue weighted by molar-refractivity contribution is -0.123. The average Bonchev–Trinajstić information content (AvgIpc) is 2.99. The van der Waals surface area contributed by atoms with Gasteiger partial charge in [0.1, 0.15) is 0 Å². The van der Waals surface area contributed by atoms with Gasteiger partial charge in [0.2, 0.25) is 11.8 Å². The van der Waals surface area contributed by atoms with Gasteiger partial charge in [0, 0.05) is 32.6 Å². The topological polar surface area (TPSA) is 79.3 Å². The number of piperidine rings is 1. The summed E-state index contributed by atoms with van der Waals surface area (Å²) < 4.78 is 1.78. The summed E-state index contributed by atoms with van der Waals surface area (Å²) in [5.74, 6) is 0.0881. The maximum absolute atomic E-state index is 12.7. The van der Waals surface area contributed by atoms with Crippen LogP contribution in [0.5, 0.6) is 0 Å². The third-order valence-electron chi connectivity index (χ3n) is 6.06. The van der Waals surface area contributed by atoms with Gasteiger partial charge in [-0.1, -0.05) is 30.3 Å². The number of nitrogens with one attached hydrogen (secondary N) is 2. The van der Waals surface area contributed by atoms with Crippen LogP contribution in [0.1, 0.15) is 43.1 Å². The minimum absolute atomic E-state index is 0.0143. The van der Waals surface area contributed by atoms with Crippen molar-refractivity contribution in [3.63, 3.8) is 0 Å². The lowest BCUT2D eigenvalue weighted by Crippen LogP contribution is -2.50. The monoisotopic (exact) mass is 411 g/mol. The second-order valence-corrected chi connectivity index (χ2v) is 8.20. The molecule has 162 valence electrons. The summed E-state index contributed by atoms with van der Waals surface area (Å²) in [7, 11) is 1.88. The fraction of sp³-hybridized carbons (Fsp3) is 0.522. The fourth-order valence-corrected chi connectivity index (χ4v) is 3.98. The number of carbonyl (C=O) groups is 2. The van der Waals surface area contributed by atoms with Crippen LogP contribution >= 0.6 is 0 Å². The molecule has 0 radical (unpaired) electrons. The van der Waals surface area contributed by atoms with E-state index in [-0.39, 0.29) is 23.9 Å². The molecule has 2 heterocycles. The molecule has 1 aromatic heterocycles. The van der Waals surface area contributed by atoms with Crippen LogP contribution in [0.15, 0.2) is 30.3 Å². The Morgan fingerprint density at radius 3 is 2.43 bits per heavy atom.